The fourth-order valence-corrected chi connectivity index (χ4v) is 2.83. The molecule has 1 N–H and O–H groups in total. The van der Waals surface area contributed by atoms with Crippen molar-refractivity contribution in [3.8, 4) is 0 Å². The first-order valence-electron chi connectivity index (χ1n) is 7.00. The molecule has 0 spiro atoms. The Morgan fingerprint density at radius 2 is 2.22 bits per heavy atom. The molecule has 7 heteroatoms. The summed E-state index contributed by atoms with van der Waals surface area (Å²) in [4.78, 5) is 20.3. The van der Waals surface area contributed by atoms with Gasteiger partial charge in [0.15, 0.2) is 5.16 Å². The molecule has 0 aliphatic carbocycles. The number of aromatic nitrogens is 3. The molecular formula is C16H15N5OS. The van der Waals surface area contributed by atoms with Crippen molar-refractivity contribution in [1.29, 1.82) is 0 Å². The molecule has 1 amide bonds. The third-order valence-electron chi connectivity index (χ3n) is 3.17. The van der Waals surface area contributed by atoms with Crippen molar-refractivity contribution in [2.45, 2.75) is 5.16 Å². The first kappa shape index (κ1) is 15.2. The van der Waals surface area contributed by atoms with Crippen molar-refractivity contribution < 1.29 is 4.79 Å². The van der Waals surface area contributed by atoms with Gasteiger partial charge in [0.2, 0.25) is 0 Å². The van der Waals surface area contributed by atoms with Crippen LogP contribution in [0.3, 0.4) is 0 Å². The number of hydrogen-bond acceptors (Lipinski definition) is 5. The second kappa shape index (κ2) is 7.06. The van der Waals surface area contributed by atoms with Crippen molar-refractivity contribution in [2.75, 3.05) is 5.75 Å². The maximum Gasteiger partial charge on any atom is 0.250 e. The van der Waals surface area contributed by atoms with Crippen LogP contribution in [-0.4, -0.2) is 32.4 Å². The fourth-order valence-electron chi connectivity index (χ4n) is 2.05. The molecule has 6 nitrogen and oxygen atoms in total. The Balaban J connectivity index is 1.56. The number of rotatable bonds is 5. The number of aryl methyl sites for hydroxylation is 1. The van der Waals surface area contributed by atoms with E-state index in [1.807, 2.05) is 48.0 Å². The molecular weight excluding hydrogens is 310 g/mol. The van der Waals surface area contributed by atoms with Crippen molar-refractivity contribution in [2.24, 2.45) is 12.1 Å². The highest BCUT2D eigenvalue weighted by Gasteiger charge is 2.09. The van der Waals surface area contributed by atoms with E-state index in [1.165, 1.54) is 11.8 Å². The Morgan fingerprint density at radius 1 is 1.35 bits per heavy atom. The molecule has 23 heavy (non-hydrogen) atoms. The summed E-state index contributed by atoms with van der Waals surface area (Å²) in [5, 5.41) is 4.72. The van der Waals surface area contributed by atoms with Gasteiger partial charge in [0, 0.05) is 25.0 Å². The molecule has 0 aliphatic rings. The summed E-state index contributed by atoms with van der Waals surface area (Å²) in [5.74, 6) is 0.0730. The van der Waals surface area contributed by atoms with Gasteiger partial charge in [-0.1, -0.05) is 30.0 Å². The number of amides is 1. The molecule has 116 valence electrons. The Bertz CT molecular complexity index is 844. The fraction of sp³-hybridized carbons (Fsp3) is 0.125. The second-order valence-electron chi connectivity index (χ2n) is 4.81. The summed E-state index contributed by atoms with van der Waals surface area (Å²) < 4.78 is 1.98. The molecule has 0 bridgehead atoms. The highest BCUT2D eigenvalue weighted by Crippen LogP contribution is 2.22. The van der Waals surface area contributed by atoms with Crippen molar-refractivity contribution in [3.63, 3.8) is 0 Å². The maximum atomic E-state index is 11.8. The quantitative estimate of drug-likeness (QED) is 0.443. The van der Waals surface area contributed by atoms with Crippen LogP contribution in [0, 0.1) is 0 Å². The normalized spacial score (nSPS) is 11.2. The van der Waals surface area contributed by atoms with E-state index in [-0.39, 0.29) is 11.7 Å². The van der Waals surface area contributed by atoms with E-state index in [2.05, 4.69) is 20.5 Å². The van der Waals surface area contributed by atoms with Crippen LogP contribution in [-0.2, 0) is 11.8 Å². The van der Waals surface area contributed by atoms with Crippen LogP contribution < -0.4 is 5.43 Å². The highest BCUT2D eigenvalue weighted by molar-refractivity contribution is 7.99. The van der Waals surface area contributed by atoms with Crippen molar-refractivity contribution in [1.82, 2.24) is 20.0 Å². The first-order valence-corrected chi connectivity index (χ1v) is 7.99. The van der Waals surface area contributed by atoms with Gasteiger partial charge in [-0.05, 0) is 18.2 Å². The van der Waals surface area contributed by atoms with E-state index < -0.39 is 0 Å². The number of nitrogens with one attached hydrogen (secondary N) is 1. The van der Waals surface area contributed by atoms with Crippen LogP contribution in [0.4, 0.5) is 0 Å². The summed E-state index contributed by atoms with van der Waals surface area (Å²) in [6, 6.07) is 11.5. The minimum atomic E-state index is -0.179. The van der Waals surface area contributed by atoms with Gasteiger partial charge in [0.05, 0.1) is 23.0 Å². The van der Waals surface area contributed by atoms with Gasteiger partial charge in [-0.2, -0.15) is 5.10 Å². The smallest absolute Gasteiger partial charge is 0.250 e. The van der Waals surface area contributed by atoms with E-state index in [1.54, 1.807) is 18.6 Å². The third kappa shape index (κ3) is 3.75. The van der Waals surface area contributed by atoms with Crippen LogP contribution in [0.2, 0.25) is 0 Å². The number of hydrogen-bond donors (Lipinski definition) is 1. The Morgan fingerprint density at radius 3 is 3.00 bits per heavy atom. The molecule has 0 saturated heterocycles. The van der Waals surface area contributed by atoms with E-state index in [4.69, 9.17) is 0 Å². The number of para-hydroxylation sites is 2. The molecule has 0 aliphatic heterocycles. The maximum absolute atomic E-state index is 11.8. The first-order chi connectivity index (χ1) is 11.2. The van der Waals surface area contributed by atoms with Crippen LogP contribution in [0.5, 0.6) is 0 Å². The Labute approximate surface area is 137 Å². The van der Waals surface area contributed by atoms with Gasteiger partial charge in [0.25, 0.3) is 5.91 Å². The van der Waals surface area contributed by atoms with E-state index in [9.17, 15) is 4.79 Å². The molecule has 0 unspecified atom stereocenters. The van der Waals surface area contributed by atoms with E-state index in [0.29, 0.717) is 0 Å². The summed E-state index contributed by atoms with van der Waals surface area (Å²) in [7, 11) is 1.94. The number of carbonyl (C=O) groups excluding carboxylic acids is 1. The number of fused-ring (bicyclic) bond motifs is 1. The predicted molar refractivity (Wildman–Crippen MR) is 91.4 cm³/mol. The Hall–Kier alpha value is -2.67. The van der Waals surface area contributed by atoms with E-state index >= 15 is 0 Å². The monoisotopic (exact) mass is 325 g/mol. The molecule has 0 saturated carbocycles. The average molecular weight is 325 g/mol. The van der Waals surface area contributed by atoms with E-state index in [0.717, 1.165) is 21.8 Å². The largest absolute Gasteiger partial charge is 0.322 e. The van der Waals surface area contributed by atoms with Gasteiger partial charge < -0.3 is 4.57 Å². The summed E-state index contributed by atoms with van der Waals surface area (Å²) in [6.07, 6.45) is 4.91. The standard InChI is InChI=1S/C16H15N5OS/c1-21-14-7-3-2-6-13(14)19-16(21)23-11-15(22)20-18-10-12-5-4-8-17-9-12/h2-10H,11H2,1H3,(H,20,22)/b18-10+. The Kier molecular flexibility index (Phi) is 4.68. The van der Waals surface area contributed by atoms with Gasteiger partial charge in [0.1, 0.15) is 0 Å². The topological polar surface area (TPSA) is 72.2 Å². The number of nitrogens with zero attached hydrogens (tertiary/aromatic N) is 4. The lowest BCUT2D eigenvalue weighted by Gasteiger charge is -2.01. The molecule has 2 aromatic heterocycles. The van der Waals surface area contributed by atoms with Crippen LogP contribution in [0.15, 0.2) is 59.0 Å². The zero-order valence-corrected chi connectivity index (χ0v) is 13.3. The average Bonchev–Trinajstić information content (AvgIpc) is 2.90. The highest BCUT2D eigenvalue weighted by atomic mass is 32.2. The number of thioether (sulfide) groups is 1. The minimum Gasteiger partial charge on any atom is -0.322 e. The van der Waals surface area contributed by atoms with Crippen molar-refractivity contribution >= 4 is 34.9 Å². The molecule has 0 fully saturated rings. The summed E-state index contributed by atoms with van der Waals surface area (Å²) >= 11 is 1.38. The molecule has 0 radical (unpaired) electrons. The molecule has 2 heterocycles. The lowest BCUT2D eigenvalue weighted by molar-refractivity contribution is -0.118. The van der Waals surface area contributed by atoms with Crippen LogP contribution in [0.25, 0.3) is 11.0 Å². The van der Waals surface area contributed by atoms with Gasteiger partial charge in [-0.25, -0.2) is 10.4 Å². The summed E-state index contributed by atoms with van der Waals surface area (Å²) in [5.41, 5.74) is 5.30. The van der Waals surface area contributed by atoms with Gasteiger partial charge in [-0.3, -0.25) is 9.78 Å². The number of benzene rings is 1. The third-order valence-corrected chi connectivity index (χ3v) is 4.20. The molecule has 3 rings (SSSR count). The lowest BCUT2D eigenvalue weighted by atomic mass is 10.3. The van der Waals surface area contributed by atoms with Gasteiger partial charge in [-0.15, -0.1) is 0 Å². The van der Waals surface area contributed by atoms with Gasteiger partial charge >= 0.3 is 0 Å². The zero-order valence-electron chi connectivity index (χ0n) is 12.5. The second-order valence-corrected chi connectivity index (χ2v) is 5.75. The molecule has 0 atom stereocenters. The molecule has 1 aromatic carbocycles. The zero-order chi connectivity index (χ0) is 16.1. The van der Waals surface area contributed by atoms with Crippen LogP contribution in [0.1, 0.15) is 5.56 Å². The van der Waals surface area contributed by atoms with Crippen molar-refractivity contribution in [3.05, 3.63) is 54.4 Å². The number of hydrazone groups is 1. The summed E-state index contributed by atoms with van der Waals surface area (Å²) in [6.45, 7) is 0. The SMILES string of the molecule is Cn1c(SCC(=O)N/N=C/c2cccnc2)nc2ccccc21. The molecule has 3 aromatic rings. The number of imidazole rings is 1. The number of carbonyl (C=O) groups is 1. The predicted octanol–water partition coefficient (Wildman–Crippen LogP) is 2.21. The van der Waals surface area contributed by atoms with Crippen LogP contribution >= 0.6 is 11.8 Å². The number of pyridine rings is 1. The minimum absolute atomic E-state index is 0.179. The lowest BCUT2D eigenvalue weighted by Crippen LogP contribution is -2.19.